The number of Topliss-reactive ketones (excluding diaryl/α,β-unsaturated/α-hetero) is 1. The second-order valence-corrected chi connectivity index (χ2v) is 4.46. The second kappa shape index (κ2) is 5.53. The summed E-state index contributed by atoms with van der Waals surface area (Å²) in [6.45, 7) is 3.27. The van der Waals surface area contributed by atoms with Crippen LogP contribution in [0.3, 0.4) is 0 Å². The van der Waals surface area contributed by atoms with Gasteiger partial charge in [0.15, 0.2) is 0 Å². The molecule has 0 spiro atoms. The smallest absolute Gasteiger partial charge is 0.264 e. The molecule has 16 heavy (non-hydrogen) atoms. The molecule has 4 heteroatoms. The summed E-state index contributed by atoms with van der Waals surface area (Å²) in [7, 11) is 0. The summed E-state index contributed by atoms with van der Waals surface area (Å²) >= 11 is 3.18. The van der Waals surface area contributed by atoms with Crippen LogP contribution in [0.5, 0.6) is 0 Å². The van der Waals surface area contributed by atoms with Gasteiger partial charge in [-0.1, -0.05) is 41.1 Å². The molecule has 1 rings (SSSR count). The van der Waals surface area contributed by atoms with Gasteiger partial charge in [-0.15, -0.1) is 0 Å². The molecule has 0 amide bonds. The van der Waals surface area contributed by atoms with E-state index < -0.39 is 11.3 Å². The largest absolute Gasteiger partial charge is 0.298 e. The van der Waals surface area contributed by atoms with E-state index in [0.717, 1.165) is 5.56 Å². The first-order chi connectivity index (χ1) is 7.49. The van der Waals surface area contributed by atoms with E-state index >= 15 is 0 Å². The topological polar surface area (TPSA) is 17.1 Å². The van der Waals surface area contributed by atoms with Gasteiger partial charge in [0.2, 0.25) is 0 Å². The first-order valence-electron chi connectivity index (χ1n) is 5.03. The molecule has 1 unspecified atom stereocenters. The van der Waals surface area contributed by atoms with Crippen molar-refractivity contribution in [1.82, 2.24) is 0 Å². The number of hydrogen-bond acceptors (Lipinski definition) is 1. The van der Waals surface area contributed by atoms with Crippen molar-refractivity contribution in [3.05, 3.63) is 34.9 Å². The maximum atomic E-state index is 12.8. The first-order valence-corrected chi connectivity index (χ1v) is 5.95. The highest BCUT2D eigenvalue weighted by Crippen LogP contribution is 2.35. The lowest BCUT2D eigenvalue weighted by Gasteiger charge is -2.16. The SMILES string of the molecule is CCc1cccc(C(F)F)c1C(Br)C(C)=O. The quantitative estimate of drug-likeness (QED) is 0.759. The van der Waals surface area contributed by atoms with E-state index in [1.807, 2.05) is 6.92 Å². The summed E-state index contributed by atoms with van der Waals surface area (Å²) in [6.07, 6.45) is -1.92. The summed E-state index contributed by atoms with van der Waals surface area (Å²) < 4.78 is 25.7. The minimum Gasteiger partial charge on any atom is -0.298 e. The molecule has 0 N–H and O–H groups in total. The van der Waals surface area contributed by atoms with Gasteiger partial charge in [0.1, 0.15) is 5.78 Å². The van der Waals surface area contributed by atoms with E-state index in [4.69, 9.17) is 0 Å². The van der Waals surface area contributed by atoms with Crippen molar-refractivity contribution in [2.45, 2.75) is 31.5 Å². The summed E-state index contributed by atoms with van der Waals surface area (Å²) in [5.74, 6) is -0.164. The average Bonchev–Trinajstić information content (AvgIpc) is 2.26. The van der Waals surface area contributed by atoms with E-state index in [2.05, 4.69) is 15.9 Å². The summed E-state index contributed by atoms with van der Waals surface area (Å²) in [5, 5.41) is 0. The zero-order valence-electron chi connectivity index (χ0n) is 9.14. The van der Waals surface area contributed by atoms with E-state index in [1.165, 1.54) is 13.0 Å². The van der Waals surface area contributed by atoms with Crippen LogP contribution < -0.4 is 0 Å². The number of benzene rings is 1. The van der Waals surface area contributed by atoms with E-state index in [9.17, 15) is 13.6 Å². The second-order valence-electron chi connectivity index (χ2n) is 3.55. The van der Waals surface area contributed by atoms with Crippen molar-refractivity contribution < 1.29 is 13.6 Å². The molecule has 1 atom stereocenters. The molecule has 0 aliphatic rings. The number of rotatable bonds is 4. The molecule has 88 valence electrons. The van der Waals surface area contributed by atoms with Crippen LogP contribution in [0.25, 0.3) is 0 Å². The third-order valence-corrected chi connectivity index (χ3v) is 3.56. The Balaban J connectivity index is 3.35. The van der Waals surface area contributed by atoms with Crippen molar-refractivity contribution in [3.8, 4) is 0 Å². The molecule has 1 aromatic carbocycles. The zero-order valence-corrected chi connectivity index (χ0v) is 10.7. The Morgan fingerprint density at radius 1 is 1.44 bits per heavy atom. The van der Waals surface area contributed by atoms with Gasteiger partial charge < -0.3 is 0 Å². The maximum Gasteiger partial charge on any atom is 0.264 e. The molecular formula is C12H13BrF2O. The molecule has 0 fully saturated rings. The Kier molecular flexibility index (Phi) is 4.59. The highest BCUT2D eigenvalue weighted by atomic mass is 79.9. The fourth-order valence-corrected chi connectivity index (χ4v) is 2.20. The number of aryl methyl sites for hydroxylation is 1. The van der Waals surface area contributed by atoms with Crippen molar-refractivity contribution in [3.63, 3.8) is 0 Å². The minimum atomic E-state index is -2.55. The third-order valence-electron chi connectivity index (χ3n) is 2.46. The molecule has 0 aliphatic heterocycles. The number of halogens is 3. The van der Waals surface area contributed by atoms with Gasteiger partial charge >= 0.3 is 0 Å². The summed E-state index contributed by atoms with van der Waals surface area (Å²) in [6, 6.07) is 4.75. The fourth-order valence-electron chi connectivity index (χ4n) is 1.64. The van der Waals surface area contributed by atoms with Crippen LogP contribution in [0.2, 0.25) is 0 Å². The van der Waals surface area contributed by atoms with Crippen LogP contribution in [0.4, 0.5) is 8.78 Å². The van der Waals surface area contributed by atoms with Gasteiger partial charge in [0.05, 0.1) is 4.83 Å². The van der Waals surface area contributed by atoms with Crippen LogP contribution in [0.15, 0.2) is 18.2 Å². The van der Waals surface area contributed by atoms with Crippen LogP contribution in [0.1, 0.15) is 41.8 Å². The Labute approximate surface area is 102 Å². The van der Waals surface area contributed by atoms with Gasteiger partial charge in [-0.25, -0.2) is 8.78 Å². The normalized spacial score (nSPS) is 12.9. The lowest BCUT2D eigenvalue weighted by Crippen LogP contribution is -2.08. The molecule has 0 radical (unpaired) electrons. The van der Waals surface area contributed by atoms with Gasteiger partial charge in [0.25, 0.3) is 6.43 Å². The monoisotopic (exact) mass is 290 g/mol. The molecule has 0 bridgehead atoms. The van der Waals surface area contributed by atoms with Crippen molar-refractivity contribution >= 4 is 21.7 Å². The Morgan fingerprint density at radius 3 is 2.50 bits per heavy atom. The highest BCUT2D eigenvalue weighted by Gasteiger charge is 2.23. The summed E-state index contributed by atoms with van der Waals surface area (Å²) in [4.78, 5) is 10.6. The van der Waals surface area contributed by atoms with Crippen LogP contribution in [-0.2, 0) is 11.2 Å². The molecule has 0 saturated carbocycles. The lowest BCUT2D eigenvalue weighted by atomic mass is 9.95. The Morgan fingerprint density at radius 2 is 2.06 bits per heavy atom. The predicted octanol–water partition coefficient (Wildman–Crippen LogP) is 4.21. The number of hydrogen-bond donors (Lipinski definition) is 0. The van der Waals surface area contributed by atoms with Gasteiger partial charge in [-0.05, 0) is 24.5 Å². The van der Waals surface area contributed by atoms with Crippen LogP contribution in [-0.4, -0.2) is 5.78 Å². The van der Waals surface area contributed by atoms with E-state index in [0.29, 0.717) is 12.0 Å². The molecule has 0 aliphatic carbocycles. The molecule has 0 heterocycles. The highest BCUT2D eigenvalue weighted by molar-refractivity contribution is 9.09. The Bertz CT molecular complexity index is 391. The molecule has 1 nitrogen and oxygen atoms in total. The Hall–Kier alpha value is -0.770. The van der Waals surface area contributed by atoms with E-state index in [1.54, 1.807) is 12.1 Å². The fraction of sp³-hybridized carbons (Fsp3) is 0.417. The number of carbonyl (C=O) groups is 1. The van der Waals surface area contributed by atoms with Crippen LogP contribution >= 0.6 is 15.9 Å². The van der Waals surface area contributed by atoms with Gasteiger partial charge in [-0.2, -0.15) is 0 Å². The number of carbonyl (C=O) groups excluding carboxylic acids is 1. The van der Waals surface area contributed by atoms with Gasteiger partial charge in [-0.3, -0.25) is 4.79 Å². The first kappa shape index (κ1) is 13.3. The lowest BCUT2D eigenvalue weighted by molar-refractivity contribution is -0.116. The predicted molar refractivity (Wildman–Crippen MR) is 63.1 cm³/mol. The van der Waals surface area contributed by atoms with Crippen molar-refractivity contribution in [1.29, 1.82) is 0 Å². The third kappa shape index (κ3) is 2.67. The van der Waals surface area contributed by atoms with Gasteiger partial charge in [0, 0.05) is 5.56 Å². The zero-order chi connectivity index (χ0) is 12.3. The maximum absolute atomic E-state index is 12.8. The minimum absolute atomic E-state index is 0.0589. The van der Waals surface area contributed by atoms with E-state index in [-0.39, 0.29) is 11.3 Å². The van der Waals surface area contributed by atoms with Crippen molar-refractivity contribution in [2.24, 2.45) is 0 Å². The molecular weight excluding hydrogens is 278 g/mol. The standard InChI is InChI=1S/C12H13BrF2O/c1-3-8-5-4-6-9(12(14)15)10(8)11(13)7(2)16/h4-6,11-12H,3H2,1-2H3. The van der Waals surface area contributed by atoms with Crippen LogP contribution in [0, 0.1) is 0 Å². The number of ketones is 1. The molecule has 0 aromatic heterocycles. The number of alkyl halides is 3. The average molecular weight is 291 g/mol. The molecule has 0 saturated heterocycles. The van der Waals surface area contributed by atoms with Crippen molar-refractivity contribution in [2.75, 3.05) is 0 Å². The summed E-state index contributed by atoms with van der Waals surface area (Å²) in [5.41, 5.74) is 1.15. The molecule has 1 aromatic rings.